The van der Waals surface area contributed by atoms with Crippen molar-refractivity contribution in [3.63, 3.8) is 0 Å². The quantitative estimate of drug-likeness (QED) is 0.0832. The van der Waals surface area contributed by atoms with Crippen molar-refractivity contribution in [3.8, 4) is 0 Å². The minimum atomic E-state index is -1.22. The highest BCUT2D eigenvalue weighted by Crippen LogP contribution is 2.19. The molecule has 0 fully saturated rings. The van der Waals surface area contributed by atoms with Gasteiger partial charge in [0.05, 0.1) is 6.54 Å². The number of nitrogens with two attached hydrogens (primary N) is 3. The number of carbonyl (C=O) groups excluding carboxylic acids is 3. The smallest absolute Gasteiger partial charge is 0.326 e. The number of aromatic amines is 1. The van der Waals surface area contributed by atoms with Crippen LogP contribution in [-0.4, -0.2) is 71.0 Å². The summed E-state index contributed by atoms with van der Waals surface area (Å²) in [5.74, 6) is -3.08. The molecule has 3 amide bonds. The molecule has 0 aliphatic rings. The minimum Gasteiger partial charge on any atom is -0.480 e. The molecule has 38 heavy (non-hydrogen) atoms. The molecule has 3 atom stereocenters. The van der Waals surface area contributed by atoms with Gasteiger partial charge in [0, 0.05) is 30.1 Å². The summed E-state index contributed by atoms with van der Waals surface area (Å²) < 4.78 is 0. The first-order chi connectivity index (χ1) is 18.0. The molecule has 2 aromatic rings. The lowest BCUT2D eigenvalue weighted by Gasteiger charge is -2.25. The Kier molecular flexibility index (Phi) is 11.5. The number of hydrogen-bond acceptors (Lipinski definition) is 6. The molecule has 0 spiro atoms. The zero-order chi connectivity index (χ0) is 28.2. The number of nitrogens with one attached hydrogen (secondary N) is 4. The molecule has 13 heteroatoms. The summed E-state index contributed by atoms with van der Waals surface area (Å²) in [5.41, 5.74) is 17.7. The van der Waals surface area contributed by atoms with E-state index in [1.807, 2.05) is 38.1 Å². The number of hydrogen-bond donors (Lipinski definition) is 8. The fraction of sp³-hybridized carbons (Fsp3) is 0.480. The summed E-state index contributed by atoms with van der Waals surface area (Å²) in [5, 5.41) is 18.3. The van der Waals surface area contributed by atoms with E-state index in [-0.39, 0.29) is 44.2 Å². The van der Waals surface area contributed by atoms with Crippen molar-refractivity contribution in [2.75, 3.05) is 13.1 Å². The number of carboxylic acid groups (broad SMARTS) is 1. The van der Waals surface area contributed by atoms with Gasteiger partial charge in [-0.15, -0.1) is 0 Å². The van der Waals surface area contributed by atoms with Gasteiger partial charge in [-0.05, 0) is 36.8 Å². The molecule has 0 saturated heterocycles. The maximum Gasteiger partial charge on any atom is 0.326 e. The molecule has 1 aromatic heterocycles. The molecule has 2 rings (SSSR count). The maximum atomic E-state index is 13.3. The summed E-state index contributed by atoms with van der Waals surface area (Å²) in [6.45, 7) is 3.64. The molecule has 0 aliphatic carbocycles. The van der Waals surface area contributed by atoms with Crippen LogP contribution in [0.15, 0.2) is 35.5 Å². The molecule has 208 valence electrons. The van der Waals surface area contributed by atoms with Crippen LogP contribution < -0.4 is 33.2 Å². The number of para-hydroxylation sites is 1. The van der Waals surface area contributed by atoms with Gasteiger partial charge in [-0.1, -0.05) is 32.0 Å². The summed E-state index contributed by atoms with van der Waals surface area (Å²) >= 11 is 0. The van der Waals surface area contributed by atoms with Gasteiger partial charge in [0.2, 0.25) is 17.7 Å². The molecule has 0 aliphatic heterocycles. The Labute approximate surface area is 221 Å². The number of rotatable bonds is 15. The van der Waals surface area contributed by atoms with Gasteiger partial charge >= 0.3 is 5.97 Å². The first-order valence-corrected chi connectivity index (χ1v) is 12.4. The first-order valence-electron chi connectivity index (χ1n) is 12.4. The number of aliphatic imine (C=N–C) groups is 1. The van der Waals surface area contributed by atoms with Crippen molar-refractivity contribution in [3.05, 3.63) is 36.0 Å². The molecular formula is C25H38N8O5. The second-order valence-corrected chi connectivity index (χ2v) is 9.43. The number of carboxylic acids is 1. The van der Waals surface area contributed by atoms with Crippen LogP contribution in [0.25, 0.3) is 10.9 Å². The third kappa shape index (κ3) is 9.39. The van der Waals surface area contributed by atoms with Crippen LogP contribution in [0.4, 0.5) is 0 Å². The van der Waals surface area contributed by atoms with E-state index in [2.05, 4.69) is 25.9 Å². The largest absolute Gasteiger partial charge is 0.480 e. The Hall–Kier alpha value is -4.13. The zero-order valence-corrected chi connectivity index (χ0v) is 21.7. The Morgan fingerprint density at radius 2 is 1.66 bits per heavy atom. The molecule has 1 aromatic carbocycles. The first kappa shape index (κ1) is 30.1. The van der Waals surface area contributed by atoms with Gasteiger partial charge in [-0.2, -0.15) is 0 Å². The molecule has 11 N–H and O–H groups in total. The van der Waals surface area contributed by atoms with Crippen LogP contribution >= 0.6 is 0 Å². The highest BCUT2D eigenvalue weighted by Gasteiger charge is 2.30. The van der Waals surface area contributed by atoms with E-state index in [0.29, 0.717) is 6.42 Å². The van der Waals surface area contributed by atoms with Crippen molar-refractivity contribution in [2.24, 2.45) is 28.1 Å². The van der Waals surface area contributed by atoms with Crippen LogP contribution in [0.3, 0.4) is 0 Å². The van der Waals surface area contributed by atoms with Gasteiger partial charge in [-0.25, -0.2) is 4.79 Å². The van der Waals surface area contributed by atoms with Gasteiger partial charge in [0.1, 0.15) is 18.1 Å². The Bertz CT molecular complexity index is 1140. The predicted octanol–water partition coefficient (Wildman–Crippen LogP) is -0.692. The van der Waals surface area contributed by atoms with Crippen molar-refractivity contribution < 1.29 is 24.3 Å². The van der Waals surface area contributed by atoms with Crippen LogP contribution in [0.2, 0.25) is 0 Å². The van der Waals surface area contributed by atoms with E-state index in [9.17, 15) is 24.3 Å². The van der Waals surface area contributed by atoms with E-state index in [1.165, 1.54) is 0 Å². The number of aromatic nitrogens is 1. The standard InChI is InChI=1S/C25H38N8O5/c1-14(2)10-19(22(35)32-18(24(37)38)8-5-9-29-25(27)28)33-23(36)20(31-21(34)12-26)11-15-13-30-17-7-4-3-6-16(15)17/h3-4,6-7,13-14,18-20,30H,5,8-12,26H2,1-2H3,(H,31,34)(H,32,35)(H,33,36)(H,37,38)(H4,27,28,29). The number of H-pyrrole nitrogens is 1. The zero-order valence-electron chi connectivity index (χ0n) is 21.7. The lowest BCUT2D eigenvalue weighted by molar-refractivity contribution is -0.142. The van der Waals surface area contributed by atoms with Crippen LogP contribution in [0.5, 0.6) is 0 Å². The molecule has 13 nitrogen and oxygen atoms in total. The topological polar surface area (TPSA) is 231 Å². The van der Waals surface area contributed by atoms with Gasteiger partial charge in [0.15, 0.2) is 5.96 Å². The second kappa shape index (κ2) is 14.6. The number of fused-ring (bicyclic) bond motifs is 1. The van der Waals surface area contributed by atoms with Crippen LogP contribution in [-0.2, 0) is 25.6 Å². The van der Waals surface area contributed by atoms with Crippen molar-refractivity contribution >= 4 is 40.6 Å². The fourth-order valence-electron chi connectivity index (χ4n) is 3.99. The average molecular weight is 531 g/mol. The van der Waals surface area contributed by atoms with E-state index in [0.717, 1.165) is 16.5 Å². The van der Waals surface area contributed by atoms with E-state index in [4.69, 9.17) is 17.2 Å². The highest BCUT2D eigenvalue weighted by molar-refractivity contribution is 5.94. The van der Waals surface area contributed by atoms with Gasteiger partial charge in [-0.3, -0.25) is 19.4 Å². The number of aliphatic carboxylic acids is 1. The van der Waals surface area contributed by atoms with Crippen LogP contribution in [0.1, 0.15) is 38.7 Å². The van der Waals surface area contributed by atoms with Gasteiger partial charge in [0.25, 0.3) is 0 Å². The van der Waals surface area contributed by atoms with Crippen LogP contribution in [0, 0.1) is 5.92 Å². The second-order valence-electron chi connectivity index (χ2n) is 9.43. The lowest BCUT2D eigenvalue weighted by Crippen LogP contribution is -2.57. The Morgan fingerprint density at radius 3 is 2.29 bits per heavy atom. The van der Waals surface area contributed by atoms with E-state index in [1.54, 1.807) is 6.20 Å². The Balaban J connectivity index is 2.18. The van der Waals surface area contributed by atoms with E-state index >= 15 is 0 Å². The molecule has 3 unspecified atom stereocenters. The number of nitrogens with zero attached hydrogens (tertiary/aromatic N) is 1. The third-order valence-electron chi connectivity index (χ3n) is 5.84. The molecule has 0 saturated carbocycles. The minimum absolute atomic E-state index is 0.00175. The summed E-state index contributed by atoms with van der Waals surface area (Å²) in [6, 6.07) is 4.31. The predicted molar refractivity (Wildman–Crippen MR) is 144 cm³/mol. The summed E-state index contributed by atoms with van der Waals surface area (Å²) in [6.07, 6.45) is 2.59. The Morgan fingerprint density at radius 1 is 1.00 bits per heavy atom. The highest BCUT2D eigenvalue weighted by atomic mass is 16.4. The maximum absolute atomic E-state index is 13.3. The summed E-state index contributed by atoms with van der Waals surface area (Å²) in [4.78, 5) is 57.2. The van der Waals surface area contributed by atoms with Crippen molar-refractivity contribution in [1.82, 2.24) is 20.9 Å². The third-order valence-corrected chi connectivity index (χ3v) is 5.84. The number of amides is 3. The number of benzene rings is 1. The average Bonchev–Trinajstić information content (AvgIpc) is 3.26. The summed E-state index contributed by atoms with van der Waals surface area (Å²) in [7, 11) is 0. The lowest BCUT2D eigenvalue weighted by atomic mass is 10.00. The molecule has 0 radical (unpaired) electrons. The monoisotopic (exact) mass is 530 g/mol. The van der Waals surface area contributed by atoms with Gasteiger partial charge < -0.3 is 43.2 Å². The molecular weight excluding hydrogens is 492 g/mol. The fourth-order valence-corrected chi connectivity index (χ4v) is 3.99. The molecule has 1 heterocycles. The number of guanidine groups is 1. The molecule has 0 bridgehead atoms. The number of carbonyl (C=O) groups is 4. The van der Waals surface area contributed by atoms with Crippen molar-refractivity contribution in [2.45, 2.75) is 57.7 Å². The van der Waals surface area contributed by atoms with E-state index < -0.39 is 41.8 Å². The van der Waals surface area contributed by atoms with Crippen molar-refractivity contribution in [1.29, 1.82) is 0 Å². The normalized spacial score (nSPS) is 13.4. The SMILES string of the molecule is CC(C)CC(NC(=O)C(Cc1c[nH]c2ccccc12)NC(=O)CN)C(=O)NC(CCCN=C(N)N)C(=O)O.